The van der Waals surface area contributed by atoms with Gasteiger partial charge in [0.05, 0.1) is 16.3 Å². The van der Waals surface area contributed by atoms with Crippen LogP contribution in [0.25, 0.3) is 10.2 Å². The van der Waals surface area contributed by atoms with Crippen LogP contribution in [0.15, 0.2) is 24.3 Å². The zero-order valence-electron chi connectivity index (χ0n) is 12.2. The first kappa shape index (κ1) is 13.5. The van der Waals surface area contributed by atoms with Crippen molar-refractivity contribution in [1.82, 2.24) is 9.88 Å². The fraction of sp³-hybridized carbons (Fsp3) is 0.562. The molecule has 5 heteroatoms. The quantitative estimate of drug-likeness (QED) is 0.871. The lowest BCUT2D eigenvalue weighted by atomic mass is 10.2. The van der Waals surface area contributed by atoms with Crippen LogP contribution in [0.1, 0.15) is 12.8 Å². The highest BCUT2D eigenvalue weighted by Gasteiger charge is 2.24. The maximum atomic E-state index is 5.74. The molecule has 4 rings (SSSR count). The van der Waals surface area contributed by atoms with Crippen LogP contribution in [-0.4, -0.2) is 55.3 Å². The van der Waals surface area contributed by atoms with E-state index in [9.17, 15) is 0 Å². The summed E-state index contributed by atoms with van der Waals surface area (Å²) in [4.78, 5) is 9.73. The van der Waals surface area contributed by atoms with Crippen molar-refractivity contribution in [1.29, 1.82) is 0 Å². The maximum absolute atomic E-state index is 5.74. The predicted octanol–water partition coefficient (Wildman–Crippen LogP) is 2.60. The van der Waals surface area contributed by atoms with Gasteiger partial charge in [-0.1, -0.05) is 23.5 Å². The molecular weight excluding hydrogens is 282 g/mol. The van der Waals surface area contributed by atoms with E-state index < -0.39 is 0 Å². The van der Waals surface area contributed by atoms with E-state index in [1.54, 1.807) is 0 Å². The maximum Gasteiger partial charge on any atom is 0.186 e. The smallest absolute Gasteiger partial charge is 0.186 e. The molecule has 21 heavy (non-hydrogen) atoms. The summed E-state index contributed by atoms with van der Waals surface area (Å²) in [7, 11) is 0. The molecule has 0 spiro atoms. The Bertz CT molecular complexity index is 567. The second kappa shape index (κ2) is 5.91. The normalized spacial score (nSPS) is 24.0. The molecule has 0 aliphatic carbocycles. The van der Waals surface area contributed by atoms with Crippen LogP contribution in [0.2, 0.25) is 0 Å². The van der Waals surface area contributed by atoms with Gasteiger partial charge < -0.3 is 9.64 Å². The molecule has 0 radical (unpaired) electrons. The number of nitrogens with zero attached hydrogens (tertiary/aromatic N) is 3. The minimum atomic E-state index is 0.471. The second-order valence-electron chi connectivity index (χ2n) is 5.89. The fourth-order valence-corrected chi connectivity index (χ4v) is 4.21. The van der Waals surface area contributed by atoms with Gasteiger partial charge in [-0.05, 0) is 25.0 Å². The van der Waals surface area contributed by atoms with Crippen molar-refractivity contribution in [2.24, 2.45) is 0 Å². The Balaban J connectivity index is 1.38. The van der Waals surface area contributed by atoms with Crippen molar-refractivity contribution in [3.8, 4) is 0 Å². The number of ether oxygens (including phenoxy) is 1. The Kier molecular flexibility index (Phi) is 3.80. The summed E-state index contributed by atoms with van der Waals surface area (Å²) in [6.45, 7) is 6.45. The summed E-state index contributed by atoms with van der Waals surface area (Å²) < 4.78 is 7.03. The summed E-state index contributed by atoms with van der Waals surface area (Å²) in [5, 5.41) is 1.17. The molecule has 0 bridgehead atoms. The number of fused-ring (bicyclic) bond motifs is 1. The summed E-state index contributed by atoms with van der Waals surface area (Å²) >= 11 is 1.81. The predicted molar refractivity (Wildman–Crippen MR) is 87.2 cm³/mol. The van der Waals surface area contributed by atoms with Crippen LogP contribution in [0.5, 0.6) is 0 Å². The molecule has 4 nitrogen and oxygen atoms in total. The molecule has 0 saturated carbocycles. The molecule has 3 heterocycles. The first-order chi connectivity index (χ1) is 10.4. The zero-order valence-corrected chi connectivity index (χ0v) is 13.0. The van der Waals surface area contributed by atoms with Gasteiger partial charge in [0.2, 0.25) is 0 Å². The van der Waals surface area contributed by atoms with Gasteiger partial charge in [0.15, 0.2) is 5.13 Å². The molecule has 2 aliphatic rings. The Morgan fingerprint density at radius 2 is 2.05 bits per heavy atom. The third-order valence-corrected chi connectivity index (χ3v) is 5.51. The molecule has 2 aromatic rings. The number of hydrogen-bond acceptors (Lipinski definition) is 5. The zero-order chi connectivity index (χ0) is 14.1. The molecule has 1 unspecified atom stereocenters. The van der Waals surface area contributed by atoms with Gasteiger partial charge in [0.1, 0.15) is 0 Å². The van der Waals surface area contributed by atoms with Gasteiger partial charge in [-0.2, -0.15) is 0 Å². The topological polar surface area (TPSA) is 28.6 Å². The van der Waals surface area contributed by atoms with Crippen LogP contribution in [0.4, 0.5) is 5.13 Å². The number of rotatable bonds is 3. The monoisotopic (exact) mass is 303 g/mol. The molecule has 2 fully saturated rings. The van der Waals surface area contributed by atoms with Crippen LogP contribution in [-0.2, 0) is 4.74 Å². The van der Waals surface area contributed by atoms with Crippen LogP contribution < -0.4 is 4.90 Å². The Morgan fingerprint density at radius 1 is 1.19 bits per heavy atom. The molecule has 2 saturated heterocycles. The standard InChI is InChI=1S/C16H21N3OS/c1-2-6-15-14(5-1)17-16(21-15)19-9-7-18(8-10-19)12-13-4-3-11-20-13/h1-2,5-6,13H,3-4,7-12H2. The van der Waals surface area contributed by atoms with Crippen molar-refractivity contribution < 1.29 is 4.74 Å². The lowest BCUT2D eigenvalue weighted by Crippen LogP contribution is -2.48. The van der Waals surface area contributed by atoms with Gasteiger partial charge in [0, 0.05) is 39.3 Å². The van der Waals surface area contributed by atoms with Gasteiger partial charge in [-0.15, -0.1) is 0 Å². The molecular formula is C16H21N3OS. The Hall–Kier alpha value is -1.17. The third-order valence-electron chi connectivity index (χ3n) is 4.41. The minimum Gasteiger partial charge on any atom is -0.377 e. The second-order valence-corrected chi connectivity index (χ2v) is 6.90. The average Bonchev–Trinajstić information content (AvgIpc) is 3.16. The lowest BCUT2D eigenvalue weighted by Gasteiger charge is -2.35. The first-order valence-electron chi connectivity index (χ1n) is 7.83. The van der Waals surface area contributed by atoms with Gasteiger partial charge in [0.25, 0.3) is 0 Å². The SMILES string of the molecule is c1ccc2sc(N3CCN(CC4CCCO4)CC3)nc2c1. The summed E-state index contributed by atoms with van der Waals surface area (Å²) in [5.41, 5.74) is 1.12. The molecule has 1 aromatic carbocycles. The first-order valence-corrected chi connectivity index (χ1v) is 8.64. The average molecular weight is 303 g/mol. The van der Waals surface area contributed by atoms with Gasteiger partial charge in [-0.3, -0.25) is 4.90 Å². The van der Waals surface area contributed by atoms with E-state index in [2.05, 4.69) is 34.1 Å². The molecule has 0 N–H and O–H groups in total. The Morgan fingerprint density at radius 3 is 2.81 bits per heavy atom. The number of para-hydroxylation sites is 1. The number of thiazole rings is 1. The highest BCUT2D eigenvalue weighted by atomic mass is 32.1. The van der Waals surface area contributed by atoms with Crippen molar-refractivity contribution in [2.75, 3.05) is 44.2 Å². The number of anilines is 1. The highest BCUT2D eigenvalue weighted by Crippen LogP contribution is 2.29. The minimum absolute atomic E-state index is 0.471. The van der Waals surface area contributed by atoms with Crippen LogP contribution in [0, 0.1) is 0 Å². The van der Waals surface area contributed by atoms with Crippen molar-refractivity contribution in [3.63, 3.8) is 0 Å². The number of aromatic nitrogens is 1. The number of hydrogen-bond donors (Lipinski definition) is 0. The molecule has 2 aliphatic heterocycles. The summed E-state index contributed by atoms with van der Waals surface area (Å²) in [5.74, 6) is 0. The largest absolute Gasteiger partial charge is 0.377 e. The molecule has 112 valence electrons. The highest BCUT2D eigenvalue weighted by molar-refractivity contribution is 7.22. The molecule has 0 amide bonds. The van der Waals surface area contributed by atoms with E-state index in [0.717, 1.165) is 44.8 Å². The van der Waals surface area contributed by atoms with Crippen LogP contribution in [0.3, 0.4) is 0 Å². The van der Waals surface area contributed by atoms with E-state index in [1.807, 2.05) is 11.3 Å². The van der Waals surface area contributed by atoms with Crippen molar-refractivity contribution in [2.45, 2.75) is 18.9 Å². The van der Waals surface area contributed by atoms with Crippen molar-refractivity contribution >= 4 is 26.7 Å². The summed E-state index contributed by atoms with van der Waals surface area (Å²) in [6, 6.07) is 8.41. The van der Waals surface area contributed by atoms with E-state index >= 15 is 0 Å². The Labute approximate surface area is 129 Å². The van der Waals surface area contributed by atoms with Crippen LogP contribution >= 0.6 is 11.3 Å². The van der Waals surface area contributed by atoms with E-state index in [4.69, 9.17) is 9.72 Å². The van der Waals surface area contributed by atoms with Gasteiger partial charge in [-0.25, -0.2) is 4.98 Å². The third kappa shape index (κ3) is 2.91. The molecule has 1 aromatic heterocycles. The number of benzene rings is 1. The number of piperazine rings is 1. The van der Waals surface area contributed by atoms with Gasteiger partial charge >= 0.3 is 0 Å². The molecule has 1 atom stereocenters. The van der Waals surface area contributed by atoms with E-state index in [1.165, 1.54) is 22.7 Å². The van der Waals surface area contributed by atoms with Crippen molar-refractivity contribution in [3.05, 3.63) is 24.3 Å². The fourth-order valence-electron chi connectivity index (χ4n) is 3.19. The van der Waals surface area contributed by atoms with E-state index in [-0.39, 0.29) is 0 Å². The summed E-state index contributed by atoms with van der Waals surface area (Å²) in [6.07, 6.45) is 2.94. The van der Waals surface area contributed by atoms with E-state index in [0.29, 0.717) is 6.10 Å². The lowest BCUT2D eigenvalue weighted by molar-refractivity contribution is 0.0713.